The second kappa shape index (κ2) is 9.30. The monoisotopic (exact) mass is 484 g/mol. The van der Waals surface area contributed by atoms with Crippen LogP contribution in [0.1, 0.15) is 55.8 Å². The number of ether oxygens (including phenoxy) is 1. The number of esters is 1. The van der Waals surface area contributed by atoms with Crippen LogP contribution in [0.25, 0.3) is 16.9 Å². The predicted octanol–water partition coefficient (Wildman–Crippen LogP) is 5.75. The molecular formula is C24H22F2N4O3S. The van der Waals surface area contributed by atoms with Gasteiger partial charge < -0.3 is 10.1 Å². The number of rotatable bonds is 6. The van der Waals surface area contributed by atoms with Crippen LogP contribution in [-0.4, -0.2) is 33.1 Å². The summed E-state index contributed by atoms with van der Waals surface area (Å²) >= 11 is 1.24. The smallest absolute Gasteiger partial charge is 0.341 e. The number of nitrogens with zero attached hydrogens (tertiary/aromatic N) is 3. The molecule has 0 saturated carbocycles. The molecule has 0 aliphatic carbocycles. The van der Waals surface area contributed by atoms with Gasteiger partial charge in [0.05, 0.1) is 24.1 Å². The maximum atomic E-state index is 13.8. The van der Waals surface area contributed by atoms with Crippen LogP contribution in [-0.2, 0) is 4.74 Å². The lowest BCUT2D eigenvalue weighted by Crippen LogP contribution is -2.15. The van der Waals surface area contributed by atoms with Crippen molar-refractivity contribution in [2.45, 2.75) is 34.1 Å². The van der Waals surface area contributed by atoms with Crippen LogP contribution in [0.3, 0.4) is 0 Å². The minimum absolute atomic E-state index is 0.00596. The summed E-state index contributed by atoms with van der Waals surface area (Å²) in [5.74, 6) is -1.16. The number of hydrogen-bond donors (Lipinski definition) is 1. The predicted molar refractivity (Wildman–Crippen MR) is 126 cm³/mol. The van der Waals surface area contributed by atoms with E-state index in [9.17, 15) is 18.4 Å². The molecule has 0 unspecified atom stereocenters. The van der Waals surface area contributed by atoms with Crippen molar-refractivity contribution < 1.29 is 23.1 Å². The average Bonchev–Trinajstić information content (AvgIpc) is 3.34. The van der Waals surface area contributed by atoms with Crippen molar-refractivity contribution >= 4 is 33.9 Å². The average molecular weight is 485 g/mol. The van der Waals surface area contributed by atoms with E-state index < -0.39 is 18.3 Å². The first-order chi connectivity index (χ1) is 16.2. The maximum Gasteiger partial charge on any atom is 0.341 e. The molecule has 0 saturated heterocycles. The molecule has 0 fully saturated rings. The number of nitrogens with one attached hydrogen (secondary N) is 1. The van der Waals surface area contributed by atoms with Gasteiger partial charge in [-0.15, -0.1) is 11.3 Å². The van der Waals surface area contributed by atoms with Crippen molar-refractivity contribution in [3.8, 4) is 11.3 Å². The Balaban J connectivity index is 1.78. The summed E-state index contributed by atoms with van der Waals surface area (Å²) < 4.78 is 33.8. The molecule has 1 N–H and O–H groups in total. The Labute approximate surface area is 198 Å². The van der Waals surface area contributed by atoms with Gasteiger partial charge in [0.15, 0.2) is 5.65 Å². The minimum Gasteiger partial charge on any atom is -0.462 e. The van der Waals surface area contributed by atoms with Crippen molar-refractivity contribution in [2.24, 2.45) is 0 Å². The molecule has 4 aromatic rings. The molecule has 0 bridgehead atoms. The van der Waals surface area contributed by atoms with Gasteiger partial charge in [-0.2, -0.15) is 5.10 Å². The highest BCUT2D eigenvalue weighted by Crippen LogP contribution is 2.34. The summed E-state index contributed by atoms with van der Waals surface area (Å²) in [7, 11) is 0. The largest absolute Gasteiger partial charge is 0.462 e. The second-order valence-corrected chi connectivity index (χ2v) is 8.91. The van der Waals surface area contributed by atoms with Crippen LogP contribution >= 0.6 is 11.3 Å². The standard InChI is InChI=1S/C24H22F2N4O3S/c1-5-33-24(32)19-13(3)14(4)34-23(19)29-22(31)16-11-27-30-18(20(25)26)10-17(28-21(16)30)15-8-6-12(2)7-9-15/h6-11,20H,5H2,1-4H3,(H,29,31). The highest BCUT2D eigenvalue weighted by molar-refractivity contribution is 7.16. The third-order valence-corrected chi connectivity index (χ3v) is 6.53. The van der Waals surface area contributed by atoms with Crippen molar-refractivity contribution in [3.63, 3.8) is 0 Å². The molecular weight excluding hydrogens is 462 g/mol. The van der Waals surface area contributed by atoms with E-state index in [0.29, 0.717) is 21.8 Å². The van der Waals surface area contributed by atoms with Crippen molar-refractivity contribution in [1.82, 2.24) is 14.6 Å². The molecule has 0 atom stereocenters. The fraction of sp³-hybridized carbons (Fsp3) is 0.250. The summed E-state index contributed by atoms with van der Waals surface area (Å²) in [6.45, 7) is 7.41. The zero-order chi connectivity index (χ0) is 24.6. The number of amides is 1. The van der Waals surface area contributed by atoms with E-state index in [4.69, 9.17) is 4.74 Å². The molecule has 10 heteroatoms. The lowest BCUT2D eigenvalue weighted by atomic mass is 10.1. The van der Waals surface area contributed by atoms with E-state index in [2.05, 4.69) is 15.4 Å². The van der Waals surface area contributed by atoms with E-state index in [1.165, 1.54) is 23.6 Å². The lowest BCUT2D eigenvalue weighted by Gasteiger charge is -2.09. The number of anilines is 1. The number of alkyl halides is 2. The van der Waals surface area contributed by atoms with Gasteiger partial charge in [0.25, 0.3) is 12.3 Å². The minimum atomic E-state index is -2.83. The molecule has 0 aliphatic rings. The number of carbonyl (C=O) groups excluding carboxylic acids is 2. The summed E-state index contributed by atoms with van der Waals surface area (Å²) in [4.78, 5) is 30.9. The maximum absolute atomic E-state index is 13.8. The molecule has 3 heterocycles. The van der Waals surface area contributed by atoms with Crippen LogP contribution in [0.2, 0.25) is 0 Å². The first-order valence-electron chi connectivity index (χ1n) is 10.5. The summed E-state index contributed by atoms with van der Waals surface area (Å²) in [6, 6.07) is 8.53. The van der Waals surface area contributed by atoms with Crippen LogP contribution in [0, 0.1) is 20.8 Å². The fourth-order valence-corrected chi connectivity index (χ4v) is 4.55. The zero-order valence-corrected chi connectivity index (χ0v) is 19.8. The molecule has 0 radical (unpaired) electrons. The number of benzene rings is 1. The van der Waals surface area contributed by atoms with Crippen LogP contribution in [0.5, 0.6) is 0 Å². The second-order valence-electron chi connectivity index (χ2n) is 7.69. The Bertz CT molecular complexity index is 1390. The lowest BCUT2D eigenvalue weighted by molar-refractivity contribution is 0.0527. The highest BCUT2D eigenvalue weighted by Gasteiger charge is 2.25. The van der Waals surface area contributed by atoms with Gasteiger partial charge >= 0.3 is 5.97 Å². The third-order valence-electron chi connectivity index (χ3n) is 5.41. The molecule has 34 heavy (non-hydrogen) atoms. The van der Waals surface area contributed by atoms with Crippen LogP contribution in [0.4, 0.5) is 13.8 Å². The first-order valence-corrected chi connectivity index (χ1v) is 11.3. The molecule has 4 rings (SSSR count). The molecule has 7 nitrogen and oxygen atoms in total. The van der Waals surface area contributed by atoms with Crippen molar-refractivity contribution in [3.05, 3.63) is 69.4 Å². The quantitative estimate of drug-likeness (QED) is 0.352. The van der Waals surface area contributed by atoms with Crippen LogP contribution in [0.15, 0.2) is 36.5 Å². The normalized spacial score (nSPS) is 11.3. The van der Waals surface area contributed by atoms with Crippen LogP contribution < -0.4 is 5.32 Å². The number of thiophene rings is 1. The van der Waals surface area contributed by atoms with Crippen molar-refractivity contribution in [2.75, 3.05) is 11.9 Å². The van der Waals surface area contributed by atoms with E-state index in [0.717, 1.165) is 15.0 Å². The van der Waals surface area contributed by atoms with E-state index in [1.807, 2.05) is 26.0 Å². The molecule has 3 aromatic heterocycles. The van der Waals surface area contributed by atoms with Gasteiger partial charge in [0, 0.05) is 10.4 Å². The van der Waals surface area contributed by atoms with Gasteiger partial charge in [-0.05, 0) is 39.3 Å². The Morgan fingerprint density at radius 3 is 2.53 bits per heavy atom. The molecule has 1 amide bonds. The van der Waals surface area contributed by atoms with Gasteiger partial charge in [-0.25, -0.2) is 23.1 Å². The Kier molecular flexibility index (Phi) is 6.43. The van der Waals surface area contributed by atoms with E-state index in [1.54, 1.807) is 26.0 Å². The Hall–Kier alpha value is -3.66. The third kappa shape index (κ3) is 4.28. The molecule has 0 aliphatic heterocycles. The number of hydrogen-bond acceptors (Lipinski definition) is 6. The van der Waals surface area contributed by atoms with Gasteiger partial charge in [-0.3, -0.25) is 4.79 Å². The number of halogens is 2. The number of carbonyl (C=O) groups is 2. The molecule has 0 spiro atoms. The zero-order valence-electron chi connectivity index (χ0n) is 19.0. The molecule has 1 aromatic carbocycles. The number of aromatic nitrogens is 3. The summed E-state index contributed by atoms with van der Waals surface area (Å²) in [5, 5.41) is 7.03. The number of fused-ring (bicyclic) bond motifs is 1. The van der Waals surface area contributed by atoms with E-state index in [-0.39, 0.29) is 29.1 Å². The fourth-order valence-electron chi connectivity index (χ4n) is 3.51. The summed E-state index contributed by atoms with van der Waals surface area (Å²) in [5.41, 5.74) is 2.55. The highest BCUT2D eigenvalue weighted by atomic mass is 32.1. The molecule has 176 valence electrons. The summed E-state index contributed by atoms with van der Waals surface area (Å²) in [6.07, 6.45) is -1.64. The van der Waals surface area contributed by atoms with E-state index >= 15 is 0 Å². The van der Waals surface area contributed by atoms with Gasteiger partial charge in [-0.1, -0.05) is 29.8 Å². The van der Waals surface area contributed by atoms with Gasteiger partial charge in [0.1, 0.15) is 16.3 Å². The van der Waals surface area contributed by atoms with Gasteiger partial charge in [0.2, 0.25) is 0 Å². The first kappa shape index (κ1) is 23.5. The van der Waals surface area contributed by atoms with Crippen molar-refractivity contribution in [1.29, 1.82) is 0 Å². The topological polar surface area (TPSA) is 85.6 Å². The number of aryl methyl sites for hydroxylation is 2. The Morgan fingerprint density at radius 2 is 1.88 bits per heavy atom. The SMILES string of the molecule is CCOC(=O)c1c(NC(=O)c2cnn3c(C(F)F)cc(-c4ccc(C)cc4)nc23)sc(C)c1C. The Morgan fingerprint density at radius 1 is 1.18 bits per heavy atom.